The van der Waals surface area contributed by atoms with Gasteiger partial charge in [0.15, 0.2) is 0 Å². The van der Waals surface area contributed by atoms with Crippen molar-refractivity contribution < 1.29 is 17.6 Å². The number of hydrogen-bond acceptors (Lipinski definition) is 6. The summed E-state index contributed by atoms with van der Waals surface area (Å²) in [6.45, 7) is 1.90. The van der Waals surface area contributed by atoms with Gasteiger partial charge in [-0.15, -0.1) is 0 Å². The molecule has 1 fully saturated rings. The molecule has 0 radical (unpaired) electrons. The predicted molar refractivity (Wildman–Crippen MR) is 114 cm³/mol. The number of sulfonamides is 1. The van der Waals surface area contributed by atoms with Gasteiger partial charge in [0, 0.05) is 41.0 Å². The van der Waals surface area contributed by atoms with Gasteiger partial charge in [0.05, 0.1) is 15.5 Å². The number of anilines is 2. The van der Waals surface area contributed by atoms with E-state index in [0.717, 1.165) is 6.07 Å². The number of nitro benzene ring substituents is 1. The summed E-state index contributed by atoms with van der Waals surface area (Å²) < 4.78 is 39.0. The molecule has 0 unspecified atom stereocenters. The molecular weight excluding hydrogens is 414 g/mol. The summed E-state index contributed by atoms with van der Waals surface area (Å²) in [5.74, 6) is 1.11. The number of benzene rings is 2. The zero-order chi connectivity index (χ0) is 21.0. The highest BCUT2D eigenvalue weighted by atomic mass is 32.2. The molecule has 1 aliphatic heterocycles. The van der Waals surface area contributed by atoms with Gasteiger partial charge in [-0.25, -0.2) is 8.42 Å². The number of rotatable bonds is 7. The fourth-order valence-electron chi connectivity index (χ4n) is 3.32. The zero-order valence-corrected chi connectivity index (χ0v) is 17.6. The quantitative estimate of drug-likeness (QED) is 0.526. The first-order valence-corrected chi connectivity index (χ1v) is 12.2. The Kier molecular flexibility index (Phi) is 6.53. The minimum Gasteiger partial charge on any atom is -0.377 e. The van der Waals surface area contributed by atoms with Gasteiger partial charge in [0.1, 0.15) is 5.69 Å². The molecular formula is C19H23N3O5S2. The Morgan fingerprint density at radius 1 is 1.17 bits per heavy atom. The second-order valence-electron chi connectivity index (χ2n) is 6.71. The average Bonchev–Trinajstić information content (AvgIpc) is 2.71. The third-order valence-electron chi connectivity index (χ3n) is 4.83. The van der Waals surface area contributed by atoms with Crippen molar-refractivity contribution in [3.05, 3.63) is 58.6 Å². The molecule has 0 atom stereocenters. The van der Waals surface area contributed by atoms with Crippen LogP contribution >= 0.6 is 0 Å². The molecule has 0 amide bonds. The third kappa shape index (κ3) is 4.76. The lowest BCUT2D eigenvalue weighted by atomic mass is 10.1. The van der Waals surface area contributed by atoms with Gasteiger partial charge < -0.3 is 5.32 Å². The van der Waals surface area contributed by atoms with E-state index >= 15 is 0 Å². The van der Waals surface area contributed by atoms with Crippen LogP contribution in [0.1, 0.15) is 19.8 Å². The van der Waals surface area contributed by atoms with E-state index in [9.17, 15) is 22.7 Å². The predicted octanol–water partition coefficient (Wildman–Crippen LogP) is 3.13. The van der Waals surface area contributed by atoms with E-state index in [1.165, 1.54) is 16.4 Å². The van der Waals surface area contributed by atoms with E-state index in [2.05, 4.69) is 5.32 Å². The molecule has 1 saturated heterocycles. The molecule has 156 valence electrons. The molecule has 0 saturated carbocycles. The summed E-state index contributed by atoms with van der Waals surface area (Å²) in [6.07, 6.45) is 1.31. The van der Waals surface area contributed by atoms with Gasteiger partial charge >= 0.3 is 0 Å². The van der Waals surface area contributed by atoms with E-state index in [0.29, 0.717) is 30.0 Å². The van der Waals surface area contributed by atoms with Crippen molar-refractivity contribution in [2.24, 2.45) is 0 Å². The lowest BCUT2D eigenvalue weighted by Gasteiger charge is -2.24. The van der Waals surface area contributed by atoms with Crippen LogP contribution in [-0.2, 0) is 20.8 Å². The largest absolute Gasteiger partial charge is 0.377 e. The van der Waals surface area contributed by atoms with Crippen LogP contribution in [0.2, 0.25) is 0 Å². The van der Waals surface area contributed by atoms with Crippen molar-refractivity contribution in [1.82, 2.24) is 0 Å². The monoisotopic (exact) mass is 437 g/mol. The minimum atomic E-state index is -3.96. The van der Waals surface area contributed by atoms with E-state index in [1.807, 2.05) is 0 Å². The molecule has 0 spiro atoms. The maximum absolute atomic E-state index is 13.1. The number of para-hydroxylation sites is 1. The van der Waals surface area contributed by atoms with Gasteiger partial charge in [-0.05, 0) is 44.0 Å². The minimum absolute atomic E-state index is 0.0229. The van der Waals surface area contributed by atoms with Crippen LogP contribution in [-0.4, -0.2) is 41.6 Å². The molecule has 2 aromatic carbocycles. The Hall–Kier alpha value is -2.46. The second kappa shape index (κ2) is 8.91. The Labute approximate surface area is 172 Å². The van der Waals surface area contributed by atoms with Gasteiger partial charge in [0.2, 0.25) is 0 Å². The summed E-state index contributed by atoms with van der Waals surface area (Å²) in [6, 6.07) is 12.5. The van der Waals surface area contributed by atoms with E-state index in [1.54, 1.807) is 37.3 Å². The standard InChI is InChI=1S/C19H23N3O5S2/c1-2-21(16-6-4-3-5-7-16)29(26,27)17-8-9-18(19(14-17)22(23)24)20-15-10-12-28(25)13-11-15/h3-9,14-15,20H,2,10-13H2,1H3. The lowest BCUT2D eigenvalue weighted by molar-refractivity contribution is -0.384. The molecule has 8 nitrogen and oxygen atoms in total. The lowest BCUT2D eigenvalue weighted by Crippen LogP contribution is -2.31. The topological polar surface area (TPSA) is 110 Å². The Balaban J connectivity index is 1.93. The highest BCUT2D eigenvalue weighted by Crippen LogP contribution is 2.32. The second-order valence-corrected chi connectivity index (χ2v) is 10.3. The first-order valence-electron chi connectivity index (χ1n) is 9.30. The number of nitro groups is 1. The molecule has 1 heterocycles. The summed E-state index contributed by atoms with van der Waals surface area (Å²) in [4.78, 5) is 10.9. The third-order valence-corrected chi connectivity index (χ3v) is 8.11. The van der Waals surface area contributed by atoms with Crippen molar-refractivity contribution in [1.29, 1.82) is 0 Å². The highest BCUT2D eigenvalue weighted by molar-refractivity contribution is 7.92. The van der Waals surface area contributed by atoms with E-state index in [-0.39, 0.29) is 28.9 Å². The molecule has 3 rings (SSSR count). The normalized spacial score (nSPS) is 19.5. The van der Waals surface area contributed by atoms with Crippen molar-refractivity contribution in [2.75, 3.05) is 27.7 Å². The number of nitrogens with zero attached hydrogens (tertiary/aromatic N) is 2. The molecule has 29 heavy (non-hydrogen) atoms. The van der Waals surface area contributed by atoms with Crippen LogP contribution in [0.25, 0.3) is 0 Å². The number of hydrogen-bond donors (Lipinski definition) is 1. The van der Waals surface area contributed by atoms with Crippen molar-refractivity contribution >= 4 is 37.9 Å². The maximum atomic E-state index is 13.1. The van der Waals surface area contributed by atoms with Crippen molar-refractivity contribution in [2.45, 2.75) is 30.7 Å². The summed E-state index contributed by atoms with van der Waals surface area (Å²) in [5.41, 5.74) is 0.478. The fourth-order valence-corrected chi connectivity index (χ4v) is 6.11. The fraction of sp³-hybridized carbons (Fsp3) is 0.368. The summed E-state index contributed by atoms with van der Waals surface area (Å²) in [7, 11) is -4.79. The van der Waals surface area contributed by atoms with Crippen molar-refractivity contribution in [3.63, 3.8) is 0 Å². The van der Waals surface area contributed by atoms with Gasteiger partial charge in [-0.2, -0.15) is 0 Å². The molecule has 0 bridgehead atoms. The highest BCUT2D eigenvalue weighted by Gasteiger charge is 2.28. The number of nitrogens with one attached hydrogen (secondary N) is 1. The first-order chi connectivity index (χ1) is 13.8. The van der Waals surface area contributed by atoms with Crippen LogP contribution in [0.5, 0.6) is 0 Å². The Bertz CT molecular complexity index is 1000. The smallest absolute Gasteiger partial charge is 0.293 e. The van der Waals surface area contributed by atoms with Crippen molar-refractivity contribution in [3.8, 4) is 0 Å². The van der Waals surface area contributed by atoms with E-state index in [4.69, 9.17) is 0 Å². The average molecular weight is 438 g/mol. The summed E-state index contributed by atoms with van der Waals surface area (Å²) >= 11 is 0. The van der Waals surface area contributed by atoms with Gasteiger partial charge in [0.25, 0.3) is 15.7 Å². The molecule has 0 aliphatic carbocycles. The SMILES string of the molecule is CCN(c1ccccc1)S(=O)(=O)c1ccc(NC2CCS(=O)CC2)c([N+](=O)[O-])c1. The first kappa shape index (κ1) is 21.3. The molecule has 0 aromatic heterocycles. The Morgan fingerprint density at radius 3 is 2.41 bits per heavy atom. The summed E-state index contributed by atoms with van der Waals surface area (Å²) in [5, 5.41) is 14.7. The molecule has 10 heteroatoms. The molecule has 1 aliphatic rings. The zero-order valence-electron chi connectivity index (χ0n) is 16.0. The van der Waals surface area contributed by atoms with Crippen LogP contribution in [0.15, 0.2) is 53.4 Å². The Morgan fingerprint density at radius 2 is 1.83 bits per heavy atom. The van der Waals surface area contributed by atoms with Crippen LogP contribution < -0.4 is 9.62 Å². The van der Waals surface area contributed by atoms with E-state index < -0.39 is 25.7 Å². The van der Waals surface area contributed by atoms with Crippen LogP contribution in [0.3, 0.4) is 0 Å². The van der Waals surface area contributed by atoms with Crippen LogP contribution in [0.4, 0.5) is 17.1 Å². The molecule has 1 N–H and O–H groups in total. The maximum Gasteiger partial charge on any atom is 0.293 e. The molecule has 2 aromatic rings. The van der Waals surface area contributed by atoms with Crippen LogP contribution in [0, 0.1) is 10.1 Å². The van der Waals surface area contributed by atoms with Gasteiger partial charge in [-0.3, -0.25) is 18.6 Å². The van der Waals surface area contributed by atoms with Gasteiger partial charge in [-0.1, -0.05) is 18.2 Å².